The molecule has 4 aromatic rings. The van der Waals surface area contributed by atoms with Gasteiger partial charge in [0.15, 0.2) is 23.8 Å². The fraction of sp³-hybridized carbons (Fsp3) is 0.320. The normalized spacial score (nSPS) is 18.0. The molecule has 0 radical (unpaired) electrons. The van der Waals surface area contributed by atoms with E-state index in [4.69, 9.17) is 16.1 Å². The van der Waals surface area contributed by atoms with Gasteiger partial charge in [-0.25, -0.2) is 11.6 Å². The molecule has 0 amide bonds. The molecule has 0 unspecified atom stereocenters. The van der Waals surface area contributed by atoms with Crippen molar-refractivity contribution >= 4 is 28.2 Å². The summed E-state index contributed by atoms with van der Waals surface area (Å²) in [7, 11) is 0. The molecule has 1 aliphatic carbocycles. The standard InChI is InChI=1S/C25H24N6O3/c1-26-18-7-2-3-8-19(18)31-20-11-12-28-25(33)23(20)24(30-31)29-17-6-4-5-16(13-17)9-10-21(32)22-14-27-15-34-22/h4-6,11-15,18-19H,2-3,7-10H2,(H,28,33)(H,29,30)/t18-,19-/m0/s1. The summed E-state index contributed by atoms with van der Waals surface area (Å²) in [5.74, 6) is 0.612. The van der Waals surface area contributed by atoms with Gasteiger partial charge >= 0.3 is 0 Å². The predicted octanol–water partition coefficient (Wildman–Crippen LogP) is 4.67. The number of Topliss-reactive ketones (excluding diaryl/α,β-unsaturated/α-hetero) is 1. The molecule has 9 heteroatoms. The van der Waals surface area contributed by atoms with Gasteiger partial charge in [-0.1, -0.05) is 18.6 Å². The second kappa shape index (κ2) is 9.35. The first-order valence-electron chi connectivity index (χ1n) is 11.4. The van der Waals surface area contributed by atoms with Crippen molar-refractivity contribution in [2.45, 2.75) is 50.6 Å². The Morgan fingerprint density at radius 3 is 3.00 bits per heavy atom. The highest BCUT2D eigenvalue weighted by molar-refractivity contribution is 5.93. The number of hydrogen-bond acceptors (Lipinski definition) is 6. The van der Waals surface area contributed by atoms with Crippen LogP contribution in [0.2, 0.25) is 0 Å². The van der Waals surface area contributed by atoms with Gasteiger partial charge in [0.2, 0.25) is 6.04 Å². The Bertz CT molecular complexity index is 1410. The van der Waals surface area contributed by atoms with Crippen LogP contribution in [0, 0.1) is 6.57 Å². The van der Waals surface area contributed by atoms with Crippen molar-refractivity contribution in [3.05, 3.63) is 82.2 Å². The lowest BCUT2D eigenvalue weighted by molar-refractivity contribution is 0.0956. The second-order valence-electron chi connectivity index (χ2n) is 8.52. The number of nitrogens with one attached hydrogen (secondary N) is 2. The summed E-state index contributed by atoms with van der Waals surface area (Å²) in [5, 5.41) is 8.54. The molecule has 0 aliphatic heterocycles. The number of carbonyl (C=O) groups excluding carboxylic acids is 1. The van der Waals surface area contributed by atoms with E-state index in [1.54, 1.807) is 6.20 Å². The zero-order valence-corrected chi connectivity index (χ0v) is 18.5. The van der Waals surface area contributed by atoms with E-state index in [1.165, 1.54) is 12.6 Å². The first-order valence-corrected chi connectivity index (χ1v) is 11.4. The predicted molar refractivity (Wildman–Crippen MR) is 127 cm³/mol. The molecule has 1 aliphatic rings. The van der Waals surface area contributed by atoms with E-state index in [9.17, 15) is 9.59 Å². The van der Waals surface area contributed by atoms with Crippen LogP contribution in [0.15, 0.2) is 58.3 Å². The van der Waals surface area contributed by atoms with Gasteiger partial charge in [0.05, 0.1) is 11.7 Å². The minimum atomic E-state index is -0.227. The molecule has 0 spiro atoms. The van der Waals surface area contributed by atoms with Gasteiger partial charge in [-0.05, 0) is 43.0 Å². The Kier molecular flexibility index (Phi) is 5.95. The molecule has 34 heavy (non-hydrogen) atoms. The van der Waals surface area contributed by atoms with Crippen molar-refractivity contribution < 1.29 is 9.21 Å². The smallest absolute Gasteiger partial charge is 0.261 e. The number of anilines is 2. The van der Waals surface area contributed by atoms with Gasteiger partial charge in [-0.2, -0.15) is 5.10 Å². The lowest BCUT2D eigenvalue weighted by Gasteiger charge is -2.24. The van der Waals surface area contributed by atoms with Gasteiger partial charge in [0.25, 0.3) is 5.56 Å². The molecule has 0 bridgehead atoms. The maximum atomic E-state index is 12.7. The summed E-state index contributed by atoms with van der Waals surface area (Å²) in [4.78, 5) is 35.3. The van der Waals surface area contributed by atoms with E-state index in [0.29, 0.717) is 24.0 Å². The molecule has 5 rings (SSSR count). The number of hydrogen-bond donors (Lipinski definition) is 2. The lowest BCUT2D eigenvalue weighted by Crippen LogP contribution is -2.26. The van der Waals surface area contributed by atoms with E-state index in [0.717, 1.165) is 42.5 Å². The largest absolute Gasteiger partial charge is 0.440 e. The second-order valence-corrected chi connectivity index (χ2v) is 8.52. The zero-order chi connectivity index (χ0) is 23.5. The van der Waals surface area contributed by atoms with Crippen molar-refractivity contribution in [2.24, 2.45) is 0 Å². The number of aromatic nitrogens is 4. The van der Waals surface area contributed by atoms with Crippen molar-refractivity contribution in [3.63, 3.8) is 0 Å². The number of aryl methyl sites for hydroxylation is 1. The summed E-state index contributed by atoms with van der Waals surface area (Å²) in [6.07, 6.45) is 8.92. The van der Waals surface area contributed by atoms with Crippen molar-refractivity contribution in [2.75, 3.05) is 5.32 Å². The molecular weight excluding hydrogens is 432 g/mol. The number of H-pyrrole nitrogens is 1. The highest BCUT2D eigenvalue weighted by Crippen LogP contribution is 2.34. The Morgan fingerprint density at radius 2 is 2.18 bits per heavy atom. The Hall–Kier alpha value is -4.19. The number of carbonyl (C=O) groups is 1. The average Bonchev–Trinajstić information content (AvgIpc) is 3.52. The van der Waals surface area contributed by atoms with Crippen LogP contribution in [-0.2, 0) is 6.42 Å². The van der Waals surface area contributed by atoms with Gasteiger partial charge in [-0.15, -0.1) is 0 Å². The third kappa shape index (κ3) is 4.22. The molecular formula is C25H24N6O3. The van der Waals surface area contributed by atoms with E-state index in [1.807, 2.05) is 35.0 Å². The number of rotatable bonds is 7. The topological polar surface area (TPSA) is 110 Å². The van der Waals surface area contributed by atoms with Gasteiger partial charge < -0.3 is 19.6 Å². The maximum Gasteiger partial charge on any atom is 0.261 e. The molecule has 3 heterocycles. The minimum absolute atomic E-state index is 0.0560. The van der Waals surface area contributed by atoms with Gasteiger partial charge in [0.1, 0.15) is 11.4 Å². The van der Waals surface area contributed by atoms with Crippen LogP contribution in [0.4, 0.5) is 11.5 Å². The fourth-order valence-corrected chi connectivity index (χ4v) is 4.64. The van der Waals surface area contributed by atoms with Crippen LogP contribution in [0.25, 0.3) is 15.7 Å². The van der Waals surface area contributed by atoms with E-state index < -0.39 is 0 Å². The van der Waals surface area contributed by atoms with Gasteiger partial charge in [0, 0.05) is 24.7 Å². The van der Waals surface area contributed by atoms with Gasteiger partial charge in [-0.3, -0.25) is 14.3 Å². The summed E-state index contributed by atoms with van der Waals surface area (Å²) < 4.78 is 6.93. The molecule has 2 N–H and O–H groups in total. The highest BCUT2D eigenvalue weighted by Gasteiger charge is 2.33. The molecule has 3 aromatic heterocycles. The molecule has 0 saturated heterocycles. The van der Waals surface area contributed by atoms with Crippen LogP contribution >= 0.6 is 0 Å². The SMILES string of the molecule is [C-]#[N+][C@H]1CCCC[C@@H]1n1nc(Nc2cccc(CCC(=O)c3cnco3)c2)c2c(=O)[nH]ccc21. The molecule has 1 fully saturated rings. The molecule has 9 nitrogen and oxygen atoms in total. The number of nitrogens with zero attached hydrogens (tertiary/aromatic N) is 4. The molecule has 1 aromatic carbocycles. The number of aromatic amines is 1. The van der Waals surface area contributed by atoms with Crippen LogP contribution in [0.1, 0.15) is 54.3 Å². The Labute approximate surface area is 195 Å². The van der Waals surface area contributed by atoms with Crippen molar-refractivity contribution in [3.8, 4) is 0 Å². The monoisotopic (exact) mass is 456 g/mol. The molecule has 2 atom stereocenters. The summed E-state index contributed by atoms with van der Waals surface area (Å²) in [5.41, 5.74) is 2.23. The number of fused-ring (bicyclic) bond motifs is 1. The van der Waals surface area contributed by atoms with E-state index in [2.05, 4.69) is 20.1 Å². The van der Waals surface area contributed by atoms with Crippen LogP contribution in [0.5, 0.6) is 0 Å². The quantitative estimate of drug-likeness (QED) is 0.309. The minimum Gasteiger partial charge on any atom is -0.440 e. The van der Waals surface area contributed by atoms with E-state index >= 15 is 0 Å². The van der Waals surface area contributed by atoms with Crippen molar-refractivity contribution in [1.29, 1.82) is 0 Å². The van der Waals surface area contributed by atoms with Crippen molar-refractivity contribution in [1.82, 2.24) is 19.7 Å². The fourth-order valence-electron chi connectivity index (χ4n) is 4.64. The van der Waals surface area contributed by atoms with Crippen LogP contribution in [-0.4, -0.2) is 31.6 Å². The molecule has 172 valence electrons. The third-order valence-corrected chi connectivity index (χ3v) is 6.34. The average molecular weight is 457 g/mol. The lowest BCUT2D eigenvalue weighted by atomic mass is 9.91. The first kappa shape index (κ1) is 21.6. The Balaban J connectivity index is 1.42. The maximum absolute atomic E-state index is 12.7. The summed E-state index contributed by atoms with van der Waals surface area (Å²) in [6, 6.07) is 9.33. The summed E-state index contributed by atoms with van der Waals surface area (Å²) >= 11 is 0. The third-order valence-electron chi connectivity index (χ3n) is 6.34. The first-order chi connectivity index (χ1) is 16.6. The summed E-state index contributed by atoms with van der Waals surface area (Å²) in [6.45, 7) is 7.62. The highest BCUT2D eigenvalue weighted by atomic mass is 16.3. The number of oxazole rings is 1. The van der Waals surface area contributed by atoms with Crippen LogP contribution in [0.3, 0.4) is 0 Å². The number of ketones is 1. The molecule has 1 saturated carbocycles. The number of benzene rings is 1. The van der Waals surface area contributed by atoms with Crippen LogP contribution < -0.4 is 10.9 Å². The zero-order valence-electron chi connectivity index (χ0n) is 18.5. The number of pyridine rings is 1. The van der Waals surface area contributed by atoms with E-state index in [-0.39, 0.29) is 29.2 Å². The Morgan fingerprint density at radius 1 is 1.29 bits per heavy atom.